The van der Waals surface area contributed by atoms with Gasteiger partial charge in [-0.1, -0.05) is 12.1 Å². The van der Waals surface area contributed by atoms with Crippen LogP contribution in [-0.4, -0.2) is 44.7 Å². The number of hydrogen-bond donors (Lipinski definition) is 2. The molecule has 1 atom stereocenters. The Hall–Kier alpha value is -1.74. The number of benzene rings is 1. The van der Waals surface area contributed by atoms with Gasteiger partial charge < -0.3 is 19.8 Å². The molecule has 7 heteroatoms. The van der Waals surface area contributed by atoms with Crippen LogP contribution in [0.4, 0.5) is 0 Å². The number of ether oxygens (including phenoxy) is 1. The monoisotopic (exact) mass is 500 g/mol. The van der Waals surface area contributed by atoms with Crippen LogP contribution in [0, 0.1) is 6.92 Å². The highest BCUT2D eigenvalue weighted by atomic mass is 127. The van der Waals surface area contributed by atoms with Crippen molar-refractivity contribution in [1.29, 1.82) is 0 Å². The van der Waals surface area contributed by atoms with Crippen molar-refractivity contribution in [1.82, 2.24) is 15.5 Å². The van der Waals surface area contributed by atoms with E-state index in [0.29, 0.717) is 19.7 Å². The summed E-state index contributed by atoms with van der Waals surface area (Å²) in [5.74, 6) is 2.61. The Kier molecular flexibility index (Phi) is 11.0. The first-order valence-corrected chi connectivity index (χ1v) is 9.49. The fourth-order valence-electron chi connectivity index (χ4n) is 2.80. The van der Waals surface area contributed by atoms with E-state index in [-0.39, 0.29) is 30.0 Å². The van der Waals surface area contributed by atoms with E-state index in [0.717, 1.165) is 29.6 Å². The number of furan rings is 1. The number of nitrogens with one attached hydrogen (secondary N) is 2. The third-order valence-electron chi connectivity index (χ3n) is 4.23. The summed E-state index contributed by atoms with van der Waals surface area (Å²) in [4.78, 5) is 6.86. The highest BCUT2D eigenvalue weighted by Crippen LogP contribution is 2.21. The van der Waals surface area contributed by atoms with E-state index in [1.54, 1.807) is 6.26 Å². The predicted octanol–water partition coefficient (Wildman–Crippen LogP) is 3.96. The fourth-order valence-corrected chi connectivity index (χ4v) is 2.80. The summed E-state index contributed by atoms with van der Waals surface area (Å²) in [5.41, 5.74) is 2.26. The topological polar surface area (TPSA) is 62.0 Å². The second-order valence-electron chi connectivity index (χ2n) is 6.62. The third kappa shape index (κ3) is 7.35. The highest BCUT2D eigenvalue weighted by Gasteiger charge is 2.17. The fraction of sp³-hybridized carbons (Fsp3) is 0.476. The largest absolute Gasteiger partial charge is 0.494 e. The molecular weight excluding hydrogens is 467 g/mol. The molecule has 0 aliphatic rings. The molecule has 2 aromatic rings. The molecule has 2 N–H and O–H groups in total. The van der Waals surface area contributed by atoms with Crippen molar-refractivity contribution in [3.8, 4) is 5.75 Å². The van der Waals surface area contributed by atoms with Gasteiger partial charge in [-0.25, -0.2) is 4.99 Å². The molecule has 1 aromatic heterocycles. The van der Waals surface area contributed by atoms with Crippen LogP contribution in [0.25, 0.3) is 0 Å². The van der Waals surface area contributed by atoms with E-state index < -0.39 is 0 Å². The molecule has 1 unspecified atom stereocenters. The number of aliphatic imine (C=N–C) groups is 1. The number of hydrogen-bond acceptors (Lipinski definition) is 4. The first-order valence-electron chi connectivity index (χ1n) is 9.49. The first kappa shape index (κ1) is 24.3. The van der Waals surface area contributed by atoms with Crippen molar-refractivity contribution in [2.24, 2.45) is 4.99 Å². The summed E-state index contributed by atoms with van der Waals surface area (Å²) in [5, 5.41) is 6.72. The number of likely N-dealkylation sites (N-methyl/N-ethyl adjacent to an activating group) is 1. The van der Waals surface area contributed by atoms with Gasteiger partial charge in [-0.05, 0) is 58.6 Å². The molecule has 0 saturated carbocycles. The molecular formula is C21H33IN4O2. The molecule has 0 radical (unpaired) electrons. The van der Waals surface area contributed by atoms with Crippen LogP contribution < -0.4 is 15.4 Å². The zero-order valence-corrected chi connectivity index (χ0v) is 19.8. The lowest BCUT2D eigenvalue weighted by Crippen LogP contribution is -2.41. The number of guanidine groups is 1. The van der Waals surface area contributed by atoms with Crippen molar-refractivity contribution in [2.45, 2.75) is 33.4 Å². The van der Waals surface area contributed by atoms with Crippen LogP contribution in [0.2, 0.25) is 0 Å². The molecule has 6 nitrogen and oxygen atoms in total. The Morgan fingerprint density at radius 3 is 2.61 bits per heavy atom. The van der Waals surface area contributed by atoms with Gasteiger partial charge in [0.1, 0.15) is 11.5 Å². The molecule has 0 aliphatic heterocycles. The van der Waals surface area contributed by atoms with Gasteiger partial charge in [-0.3, -0.25) is 4.90 Å². The van der Waals surface area contributed by atoms with Gasteiger partial charge in [0, 0.05) is 18.7 Å². The summed E-state index contributed by atoms with van der Waals surface area (Å²) in [6, 6.07) is 10.3. The summed E-state index contributed by atoms with van der Waals surface area (Å²) < 4.78 is 11.3. The molecule has 0 amide bonds. The van der Waals surface area contributed by atoms with Gasteiger partial charge in [0.2, 0.25) is 0 Å². The van der Waals surface area contributed by atoms with Crippen LogP contribution in [-0.2, 0) is 6.54 Å². The minimum atomic E-state index is 0. The Morgan fingerprint density at radius 2 is 2.00 bits per heavy atom. The maximum atomic E-state index is 5.76. The van der Waals surface area contributed by atoms with Crippen molar-refractivity contribution >= 4 is 29.9 Å². The second kappa shape index (κ2) is 12.7. The summed E-state index contributed by atoms with van der Waals surface area (Å²) in [7, 11) is 4.08. The van der Waals surface area contributed by atoms with E-state index in [1.807, 2.05) is 33.2 Å². The normalized spacial score (nSPS) is 12.4. The van der Waals surface area contributed by atoms with Crippen LogP contribution in [0.3, 0.4) is 0 Å². The van der Waals surface area contributed by atoms with Crippen LogP contribution >= 0.6 is 24.0 Å². The highest BCUT2D eigenvalue weighted by molar-refractivity contribution is 14.0. The molecule has 0 spiro atoms. The van der Waals surface area contributed by atoms with Gasteiger partial charge in [0.15, 0.2) is 5.96 Å². The molecule has 2 rings (SSSR count). The Morgan fingerprint density at radius 1 is 1.21 bits per heavy atom. The molecule has 28 heavy (non-hydrogen) atoms. The number of nitrogens with zero attached hydrogens (tertiary/aromatic N) is 2. The Labute approximate surface area is 185 Å². The molecule has 0 bridgehead atoms. The average molecular weight is 500 g/mol. The average Bonchev–Trinajstić information content (AvgIpc) is 3.15. The van der Waals surface area contributed by atoms with Gasteiger partial charge in [0.05, 0.1) is 25.5 Å². The standard InChI is InChI=1S/C21H32N4O2.HI/c1-6-22-21(24-15-18(25(4)5)19-9-8-12-27-19)23-14-17-11-10-16(3)13-20(17)26-7-2;/h8-13,18H,6-7,14-15H2,1-5H3,(H2,22,23,24);1H. The smallest absolute Gasteiger partial charge is 0.191 e. The van der Waals surface area contributed by atoms with Crippen LogP contribution in [0.1, 0.15) is 36.8 Å². The van der Waals surface area contributed by atoms with Crippen LogP contribution in [0.15, 0.2) is 46.0 Å². The zero-order valence-electron chi connectivity index (χ0n) is 17.5. The number of halogens is 1. The molecule has 1 aromatic carbocycles. The van der Waals surface area contributed by atoms with E-state index in [9.17, 15) is 0 Å². The third-order valence-corrected chi connectivity index (χ3v) is 4.23. The van der Waals surface area contributed by atoms with E-state index in [2.05, 4.69) is 47.6 Å². The maximum absolute atomic E-state index is 5.76. The SMILES string of the molecule is CCNC(=NCc1ccc(C)cc1OCC)NCC(c1ccco1)N(C)C.I. The Balaban J connectivity index is 0.00000392. The minimum absolute atomic E-state index is 0. The molecule has 156 valence electrons. The van der Waals surface area contributed by atoms with Crippen molar-refractivity contribution < 1.29 is 9.15 Å². The lowest BCUT2D eigenvalue weighted by atomic mass is 10.1. The van der Waals surface area contributed by atoms with Gasteiger partial charge in [0.25, 0.3) is 0 Å². The van der Waals surface area contributed by atoms with Gasteiger partial charge in [-0.15, -0.1) is 24.0 Å². The van der Waals surface area contributed by atoms with E-state index >= 15 is 0 Å². The predicted molar refractivity (Wildman–Crippen MR) is 126 cm³/mol. The lowest BCUT2D eigenvalue weighted by molar-refractivity contribution is 0.258. The number of aryl methyl sites for hydroxylation is 1. The van der Waals surface area contributed by atoms with Crippen LogP contribution in [0.5, 0.6) is 5.75 Å². The summed E-state index contributed by atoms with van der Waals surface area (Å²) in [6.45, 7) is 8.81. The zero-order chi connectivity index (χ0) is 19.6. The van der Waals surface area contributed by atoms with Crippen molar-refractivity contribution in [3.63, 3.8) is 0 Å². The lowest BCUT2D eigenvalue weighted by Gasteiger charge is -2.23. The Bertz CT molecular complexity index is 717. The first-order chi connectivity index (χ1) is 13.0. The number of rotatable bonds is 9. The van der Waals surface area contributed by atoms with E-state index in [4.69, 9.17) is 14.1 Å². The molecule has 0 aliphatic carbocycles. The summed E-state index contributed by atoms with van der Waals surface area (Å²) in [6.07, 6.45) is 1.71. The van der Waals surface area contributed by atoms with Gasteiger partial charge >= 0.3 is 0 Å². The molecule has 1 heterocycles. The van der Waals surface area contributed by atoms with Gasteiger partial charge in [-0.2, -0.15) is 0 Å². The second-order valence-corrected chi connectivity index (χ2v) is 6.62. The minimum Gasteiger partial charge on any atom is -0.494 e. The molecule has 0 saturated heterocycles. The van der Waals surface area contributed by atoms with Crippen molar-refractivity contribution in [2.75, 3.05) is 33.8 Å². The molecule has 0 fully saturated rings. The quantitative estimate of drug-likeness (QED) is 0.310. The van der Waals surface area contributed by atoms with Crippen molar-refractivity contribution in [3.05, 3.63) is 53.5 Å². The summed E-state index contributed by atoms with van der Waals surface area (Å²) >= 11 is 0. The van der Waals surface area contributed by atoms with E-state index in [1.165, 1.54) is 5.56 Å². The maximum Gasteiger partial charge on any atom is 0.191 e.